The van der Waals surface area contributed by atoms with Crippen LogP contribution in [-0.4, -0.2) is 23.8 Å². The molecule has 0 aromatic rings. The minimum atomic E-state index is 0.415. The average molecular weight is 182 g/mol. The summed E-state index contributed by atoms with van der Waals surface area (Å²) in [5.74, 6) is 0. The molecule has 0 bridgehead atoms. The van der Waals surface area contributed by atoms with Crippen molar-refractivity contribution >= 4 is 0 Å². The Morgan fingerprint density at radius 1 is 1.62 bits per heavy atom. The van der Waals surface area contributed by atoms with Gasteiger partial charge in [0.2, 0.25) is 0 Å². The van der Waals surface area contributed by atoms with Crippen LogP contribution in [-0.2, 0) is 0 Å². The first kappa shape index (κ1) is 9.19. The summed E-state index contributed by atoms with van der Waals surface area (Å²) in [5, 5.41) is 12.1. The summed E-state index contributed by atoms with van der Waals surface area (Å²) >= 11 is 0. The van der Waals surface area contributed by atoms with Crippen molar-refractivity contribution in [3.63, 3.8) is 0 Å². The van der Waals surface area contributed by atoms with Crippen LogP contribution in [0.25, 0.3) is 0 Å². The van der Waals surface area contributed by atoms with Gasteiger partial charge in [0.25, 0.3) is 0 Å². The molecule has 0 amide bonds. The molecule has 3 atom stereocenters. The molecule has 0 aromatic heterocycles. The van der Waals surface area contributed by atoms with Gasteiger partial charge >= 0.3 is 0 Å². The van der Waals surface area contributed by atoms with E-state index in [0.717, 1.165) is 6.42 Å². The van der Waals surface area contributed by atoms with E-state index in [1.165, 1.54) is 12.8 Å². The third kappa shape index (κ3) is 1.77. The third-order valence-electron chi connectivity index (χ3n) is 3.22. The third-order valence-corrected chi connectivity index (χ3v) is 3.22. The Hall–Kier alpha value is -0.380. The lowest BCUT2D eigenvalue weighted by Crippen LogP contribution is -2.53. The lowest BCUT2D eigenvalue weighted by Gasteiger charge is -2.46. The van der Waals surface area contributed by atoms with Gasteiger partial charge in [-0.1, -0.05) is 12.2 Å². The summed E-state index contributed by atoms with van der Waals surface area (Å²) in [5.41, 5.74) is 2.71. The topological polar surface area (TPSA) is 44.3 Å². The lowest BCUT2D eigenvalue weighted by molar-refractivity contribution is 0.111. The minimum Gasteiger partial charge on any atom is -0.317 e. The van der Waals surface area contributed by atoms with E-state index in [9.17, 15) is 0 Å². The van der Waals surface area contributed by atoms with Crippen LogP contribution in [0, 0.1) is 5.41 Å². The zero-order chi connectivity index (χ0) is 9.31. The average Bonchev–Trinajstić information content (AvgIpc) is 2.01. The molecule has 1 saturated heterocycles. The Morgan fingerprint density at radius 2 is 2.38 bits per heavy atom. The van der Waals surface area contributed by atoms with E-state index < -0.39 is 0 Å². The SMILES string of the molecule is CC1CC2(C=CC2)CC(CNO)N1. The molecule has 13 heavy (non-hydrogen) atoms. The van der Waals surface area contributed by atoms with Crippen LogP contribution in [0.5, 0.6) is 0 Å². The molecule has 0 aromatic carbocycles. The van der Waals surface area contributed by atoms with Crippen molar-refractivity contribution in [1.29, 1.82) is 0 Å². The van der Waals surface area contributed by atoms with Crippen molar-refractivity contribution < 1.29 is 5.21 Å². The number of allylic oxidation sites excluding steroid dienone is 2. The second-order valence-corrected chi connectivity index (χ2v) is 4.50. The van der Waals surface area contributed by atoms with Crippen LogP contribution >= 0.6 is 0 Å². The second-order valence-electron chi connectivity index (χ2n) is 4.50. The van der Waals surface area contributed by atoms with Crippen molar-refractivity contribution in [2.24, 2.45) is 5.41 Å². The molecule has 1 aliphatic heterocycles. The molecule has 0 saturated carbocycles. The van der Waals surface area contributed by atoms with Crippen LogP contribution in [0.2, 0.25) is 0 Å². The first-order valence-electron chi connectivity index (χ1n) is 5.05. The number of nitrogens with one attached hydrogen (secondary N) is 2. The van der Waals surface area contributed by atoms with Gasteiger partial charge in [0.05, 0.1) is 0 Å². The van der Waals surface area contributed by atoms with E-state index in [1.807, 2.05) is 0 Å². The predicted molar refractivity (Wildman–Crippen MR) is 51.6 cm³/mol. The molecule has 0 radical (unpaired) electrons. The molecule has 2 aliphatic rings. The fraction of sp³-hybridized carbons (Fsp3) is 0.800. The van der Waals surface area contributed by atoms with Gasteiger partial charge in [0, 0.05) is 18.6 Å². The monoisotopic (exact) mass is 182 g/mol. The second kappa shape index (κ2) is 3.40. The van der Waals surface area contributed by atoms with E-state index in [4.69, 9.17) is 5.21 Å². The van der Waals surface area contributed by atoms with Crippen LogP contribution in [0.15, 0.2) is 12.2 Å². The van der Waals surface area contributed by atoms with Gasteiger partial charge in [-0.3, -0.25) is 0 Å². The van der Waals surface area contributed by atoms with Crippen LogP contribution in [0.3, 0.4) is 0 Å². The van der Waals surface area contributed by atoms with Gasteiger partial charge in [-0.25, -0.2) is 5.48 Å². The van der Waals surface area contributed by atoms with E-state index in [0.29, 0.717) is 24.0 Å². The summed E-state index contributed by atoms with van der Waals surface area (Å²) in [6, 6.07) is 0.982. The maximum absolute atomic E-state index is 8.66. The van der Waals surface area contributed by atoms with Gasteiger partial charge in [-0.2, -0.15) is 0 Å². The molecular weight excluding hydrogens is 164 g/mol. The van der Waals surface area contributed by atoms with Crippen molar-refractivity contribution in [1.82, 2.24) is 10.8 Å². The highest BCUT2D eigenvalue weighted by molar-refractivity contribution is 5.16. The van der Waals surface area contributed by atoms with E-state index >= 15 is 0 Å². The number of hydrogen-bond acceptors (Lipinski definition) is 3. The number of piperidine rings is 1. The normalized spacial score (nSPS) is 43.5. The van der Waals surface area contributed by atoms with E-state index in [-0.39, 0.29) is 0 Å². The van der Waals surface area contributed by atoms with Crippen molar-refractivity contribution in [2.75, 3.05) is 6.54 Å². The molecule has 3 heteroatoms. The molecule has 1 heterocycles. The molecule has 1 spiro atoms. The van der Waals surface area contributed by atoms with Gasteiger partial charge in [-0.15, -0.1) is 0 Å². The lowest BCUT2D eigenvalue weighted by atomic mass is 9.66. The smallest absolute Gasteiger partial charge is 0.0361 e. The van der Waals surface area contributed by atoms with Crippen molar-refractivity contribution in [3.05, 3.63) is 12.2 Å². The summed E-state index contributed by atoms with van der Waals surface area (Å²) in [4.78, 5) is 0. The molecule has 74 valence electrons. The molecule has 2 rings (SSSR count). The Balaban J connectivity index is 1.97. The molecule has 3 nitrogen and oxygen atoms in total. The van der Waals surface area contributed by atoms with Crippen LogP contribution < -0.4 is 10.8 Å². The highest BCUT2D eigenvalue weighted by atomic mass is 16.5. The van der Waals surface area contributed by atoms with Gasteiger partial charge in [-0.05, 0) is 31.6 Å². The number of hydrogen-bond donors (Lipinski definition) is 3. The predicted octanol–water partition coefficient (Wildman–Crippen LogP) is 1.05. The molecule has 1 aliphatic carbocycles. The van der Waals surface area contributed by atoms with Gasteiger partial charge in [0.15, 0.2) is 0 Å². The summed E-state index contributed by atoms with van der Waals surface area (Å²) < 4.78 is 0. The number of hydroxylamine groups is 1. The summed E-state index contributed by atoms with van der Waals surface area (Å²) in [6.45, 7) is 2.87. The first-order chi connectivity index (χ1) is 6.24. The van der Waals surface area contributed by atoms with E-state index in [1.54, 1.807) is 0 Å². The quantitative estimate of drug-likeness (QED) is 0.442. The number of rotatable bonds is 2. The van der Waals surface area contributed by atoms with Gasteiger partial charge in [0.1, 0.15) is 0 Å². The summed E-state index contributed by atoms with van der Waals surface area (Å²) in [6.07, 6.45) is 8.21. The fourth-order valence-corrected chi connectivity index (χ4v) is 2.70. The summed E-state index contributed by atoms with van der Waals surface area (Å²) in [7, 11) is 0. The Labute approximate surface area is 79.2 Å². The van der Waals surface area contributed by atoms with Crippen molar-refractivity contribution in [2.45, 2.75) is 38.3 Å². The maximum Gasteiger partial charge on any atom is 0.0361 e. The Kier molecular flexibility index (Phi) is 2.41. The minimum absolute atomic E-state index is 0.415. The Bertz CT molecular complexity index is 217. The first-order valence-corrected chi connectivity index (χ1v) is 5.05. The molecular formula is C10H18N2O. The zero-order valence-corrected chi connectivity index (χ0v) is 8.09. The van der Waals surface area contributed by atoms with Crippen molar-refractivity contribution in [3.8, 4) is 0 Å². The van der Waals surface area contributed by atoms with Crippen LogP contribution in [0.4, 0.5) is 0 Å². The van der Waals surface area contributed by atoms with E-state index in [2.05, 4.69) is 29.9 Å². The van der Waals surface area contributed by atoms with Gasteiger partial charge < -0.3 is 10.5 Å². The fourth-order valence-electron chi connectivity index (χ4n) is 2.70. The largest absolute Gasteiger partial charge is 0.317 e. The molecule has 1 fully saturated rings. The highest BCUT2D eigenvalue weighted by Crippen LogP contribution is 2.44. The zero-order valence-electron chi connectivity index (χ0n) is 8.09. The maximum atomic E-state index is 8.66. The highest BCUT2D eigenvalue weighted by Gasteiger charge is 2.39. The Morgan fingerprint density at radius 3 is 2.92 bits per heavy atom. The molecule has 3 unspecified atom stereocenters. The molecule has 3 N–H and O–H groups in total. The van der Waals surface area contributed by atoms with Crippen LogP contribution in [0.1, 0.15) is 26.2 Å². The standard InChI is InChI=1S/C10H18N2O/c1-8-5-10(3-2-4-10)6-9(12-8)7-11-13/h2-3,8-9,11-13H,4-7H2,1H3.